The Bertz CT molecular complexity index is 2360. The topological polar surface area (TPSA) is 225 Å². The van der Waals surface area contributed by atoms with Crippen LogP contribution in [-0.4, -0.2) is 80.2 Å². The summed E-state index contributed by atoms with van der Waals surface area (Å²) in [6.07, 6.45) is 9.75. The van der Waals surface area contributed by atoms with Gasteiger partial charge in [-0.05, 0) is 130 Å². The molecule has 6 rings (SSSR count). The van der Waals surface area contributed by atoms with Gasteiger partial charge in [-0.1, -0.05) is 11.6 Å². The van der Waals surface area contributed by atoms with E-state index in [-0.39, 0.29) is 121 Å². The van der Waals surface area contributed by atoms with Crippen molar-refractivity contribution in [3.8, 4) is 22.8 Å². The maximum Gasteiger partial charge on any atom is 1.00 e. The maximum atomic E-state index is 12.8. The predicted molar refractivity (Wildman–Crippen MR) is 231 cm³/mol. The van der Waals surface area contributed by atoms with Gasteiger partial charge in [-0.25, -0.2) is 34.9 Å². The number of hydrogen-bond donors (Lipinski definition) is 2. The van der Waals surface area contributed by atoms with Gasteiger partial charge in [-0.3, -0.25) is 9.18 Å². The number of alkyl halides is 1. The number of benzene rings is 2. The molecule has 0 saturated carbocycles. The fourth-order valence-corrected chi connectivity index (χ4v) is 7.38. The van der Waals surface area contributed by atoms with Gasteiger partial charge in [0, 0.05) is 64.6 Å². The van der Waals surface area contributed by atoms with Gasteiger partial charge in [-0.2, -0.15) is 4.98 Å². The van der Waals surface area contributed by atoms with Crippen LogP contribution in [0.4, 0.5) is 21.6 Å². The number of hydrogen-bond acceptors (Lipinski definition) is 15. The quantitative estimate of drug-likeness (QED) is 0.0341. The molecule has 59 heavy (non-hydrogen) atoms. The Morgan fingerprint density at radius 1 is 0.797 bits per heavy atom. The average Bonchev–Trinajstić information content (AvgIpc) is 3.19. The summed E-state index contributed by atoms with van der Waals surface area (Å²) in [5, 5.41) is 13.6. The number of carbonyl (C=O) groups is 1. The summed E-state index contributed by atoms with van der Waals surface area (Å²) in [6.45, 7) is 6.65. The predicted octanol–water partition coefficient (Wildman–Crippen LogP) is 2.00. The summed E-state index contributed by atoms with van der Waals surface area (Å²) >= 11 is 23.3. The van der Waals surface area contributed by atoms with E-state index in [4.69, 9.17) is 52.0 Å². The van der Waals surface area contributed by atoms with Crippen LogP contribution in [0.3, 0.4) is 0 Å². The molecule has 304 valence electrons. The molecule has 0 saturated heterocycles. The van der Waals surface area contributed by atoms with E-state index in [0.29, 0.717) is 53.5 Å². The van der Waals surface area contributed by atoms with Crippen molar-refractivity contribution in [3.05, 3.63) is 110 Å². The monoisotopic (exact) mass is 1080 g/mol. The number of nitrogens with zero attached hydrogens (tertiary/aromatic N) is 8. The molecule has 0 radical (unpaired) electrons. The second-order valence-electron chi connectivity index (χ2n) is 11.3. The minimum absolute atomic E-state index is 0. The minimum atomic E-state index is -2.58. The zero-order valence-electron chi connectivity index (χ0n) is 34.2. The van der Waals surface area contributed by atoms with Crippen molar-refractivity contribution in [2.24, 2.45) is 0 Å². The van der Waals surface area contributed by atoms with E-state index in [1.54, 1.807) is 75.8 Å². The number of rotatable bonds is 7. The largest absolute Gasteiger partial charge is 1.00 e. The van der Waals surface area contributed by atoms with Crippen molar-refractivity contribution in [1.82, 2.24) is 39.9 Å². The molecule has 6 aromatic rings. The average molecular weight is 1090 g/mol. The second kappa shape index (κ2) is 29.6. The van der Waals surface area contributed by atoms with Crippen molar-refractivity contribution >= 4 is 115 Å². The van der Waals surface area contributed by atoms with Gasteiger partial charge in [-0.15, -0.1) is 0 Å². The Labute approximate surface area is 460 Å². The van der Waals surface area contributed by atoms with Gasteiger partial charge in [0.05, 0.1) is 23.2 Å². The molecule has 0 aliphatic heterocycles. The number of nitrogens with two attached hydrogens (primary N) is 1. The Morgan fingerprint density at radius 3 is 1.64 bits per heavy atom. The van der Waals surface area contributed by atoms with Gasteiger partial charge >= 0.3 is 103 Å². The van der Waals surface area contributed by atoms with E-state index in [2.05, 4.69) is 81.9 Å². The summed E-state index contributed by atoms with van der Waals surface area (Å²) in [5.74, 6) is 1.69. The van der Waals surface area contributed by atoms with Crippen LogP contribution in [0.25, 0.3) is 22.8 Å². The van der Waals surface area contributed by atoms with Crippen LogP contribution in [0, 0.1) is 0 Å². The Hall–Kier alpha value is -0.717. The van der Waals surface area contributed by atoms with Crippen LogP contribution in [0.15, 0.2) is 94.7 Å². The van der Waals surface area contributed by atoms with E-state index in [1.165, 1.54) is 6.20 Å². The smallest absolute Gasteiger partial charge is 1.00 e. The van der Waals surface area contributed by atoms with Gasteiger partial charge in [0.2, 0.25) is 10.6 Å². The van der Waals surface area contributed by atoms with Crippen LogP contribution in [0.5, 0.6) is 0 Å². The van der Waals surface area contributed by atoms with Gasteiger partial charge in [0.1, 0.15) is 25.3 Å². The summed E-state index contributed by atoms with van der Waals surface area (Å²) in [5.41, 5.74) is 8.71. The van der Waals surface area contributed by atoms with Crippen LogP contribution >= 0.6 is 80.9 Å². The first-order valence-corrected chi connectivity index (χ1v) is 23.3. The standard InChI is InChI=1S/C16H14BrClN5OP.C12H14N3OP.C4HBrCl2N2.CH3F.CH2O3.2K.H/c1-25(2,24)13-8-10(14-19-6-3-7-20-14)4-5-12(13)22-15-11(17)9-21-16(18)23-15;1-17(2,16)11-8-9(4-5-10(11)13)12-14-6-3-7-15-12;5-2-1-8-4(7)9-3(2)6;1-2;2-1-4-3;;;/h3-9H,1-2H3,(H,21,22,23);3-8H,13H2,1-2H3;1H;1H3;1,3H;;;/q;;;;;2*+1;-1/p-1/i;;;1D;;;;. The van der Waals surface area contributed by atoms with E-state index in [9.17, 15) is 13.5 Å². The molecule has 0 bridgehead atoms. The number of carbonyl (C=O) groups excluding carboxylic acids is 1. The zero-order chi connectivity index (χ0) is 43.5. The normalized spacial score (nSPS) is 10.3. The van der Waals surface area contributed by atoms with Gasteiger partial charge < -0.3 is 31.8 Å². The third-order valence-corrected chi connectivity index (χ3v) is 11.6. The SMILES string of the molecule is CP(C)(=O)c1cc(-c2ncccn2)ccc1N.CP(C)(=O)c1cc(-c2ncccn2)ccc1Nc1nc(Cl)ncc1Br.Clc1ncc(Br)c(Cl)n1.O=CO[O-].[2H]CF.[H-].[K+].[K+]. The molecule has 0 unspecified atom stereocenters. The number of nitrogen functional groups attached to an aromatic ring is 1. The van der Waals surface area contributed by atoms with Crippen molar-refractivity contribution in [3.63, 3.8) is 0 Å². The van der Waals surface area contributed by atoms with Crippen molar-refractivity contribution in [1.29, 1.82) is 0 Å². The van der Waals surface area contributed by atoms with Crippen LogP contribution in [-0.2, 0) is 18.8 Å². The first-order chi connectivity index (χ1) is 27.4. The number of anilines is 3. The summed E-state index contributed by atoms with van der Waals surface area (Å²) < 4.78 is 41.7. The van der Waals surface area contributed by atoms with Crippen LogP contribution in [0.1, 0.15) is 2.80 Å². The van der Waals surface area contributed by atoms with Crippen LogP contribution < -0.4 is 130 Å². The van der Waals surface area contributed by atoms with Gasteiger partial charge in [0.25, 0.3) is 6.47 Å². The maximum absolute atomic E-state index is 12.8. The number of halogens is 6. The molecular formula is C34H34Br2Cl3FK2N10O5P2. The molecule has 2 aromatic carbocycles. The van der Waals surface area contributed by atoms with E-state index < -0.39 is 21.4 Å². The Morgan fingerprint density at radius 2 is 1.22 bits per heavy atom. The second-order valence-corrected chi connectivity index (χ2v) is 20.4. The third-order valence-electron chi connectivity index (χ3n) is 6.52. The van der Waals surface area contributed by atoms with Crippen LogP contribution in [0.2, 0.25) is 15.7 Å². The summed E-state index contributed by atoms with van der Waals surface area (Å²) in [6, 6.07) is 14.5. The molecule has 4 heterocycles. The molecule has 0 aliphatic carbocycles. The number of nitrogens with one attached hydrogen (secondary N) is 1. The molecule has 0 spiro atoms. The molecule has 4 aromatic heterocycles. The van der Waals surface area contributed by atoms with Gasteiger partial charge in [0.15, 0.2) is 11.6 Å². The van der Waals surface area contributed by atoms with Crippen molar-refractivity contribution in [2.75, 3.05) is 44.9 Å². The summed E-state index contributed by atoms with van der Waals surface area (Å²) in [4.78, 5) is 43.4. The minimum Gasteiger partial charge on any atom is -1.00 e. The van der Waals surface area contributed by atoms with E-state index in [1.807, 2.05) is 30.3 Å². The Kier molecular flexibility index (Phi) is 28.3. The summed E-state index contributed by atoms with van der Waals surface area (Å²) in [7, 11) is -5.96. The fraction of sp³-hybridized carbons (Fsp3) is 0.147. The third kappa shape index (κ3) is 20.6. The molecule has 0 fully saturated rings. The van der Waals surface area contributed by atoms with E-state index in [0.717, 1.165) is 11.1 Å². The molecule has 15 nitrogen and oxygen atoms in total. The van der Waals surface area contributed by atoms with Crippen molar-refractivity contribution in [2.45, 2.75) is 0 Å². The van der Waals surface area contributed by atoms with Crippen molar-refractivity contribution < 1.29 is 134 Å². The zero-order valence-corrected chi connectivity index (χ0v) is 45.7. The Balaban J connectivity index is 0. The molecule has 0 aliphatic rings. The first kappa shape index (κ1) is 56.3. The molecular weight excluding hydrogens is 1050 g/mol. The molecule has 0 atom stereocenters. The molecule has 25 heteroatoms. The van der Waals surface area contributed by atoms with E-state index >= 15 is 0 Å². The first-order valence-electron chi connectivity index (χ1n) is 16.1. The molecule has 0 amide bonds. The fourth-order valence-electron chi connectivity index (χ4n) is 4.15. The molecule has 3 N–H and O–H groups in total. The number of aromatic nitrogens is 8.